The molecule has 2 aromatic carbocycles. The Morgan fingerprint density at radius 1 is 1.11 bits per heavy atom. The standard InChI is InChI=1S/C28H31N5O2/c1-18-5-3-4-6-23(18)28(34)31-17-19-7-9-20(10-8-19)24-25-26(29)30-15-16-33(25)27(32-24)21-11-13-22(35-2)14-12-21/h3-10,15-16,21-22H,11-14,17H2,1-2H3,(H2,29,30)(H,31,34). The Morgan fingerprint density at radius 2 is 1.86 bits per heavy atom. The average Bonchev–Trinajstić information content (AvgIpc) is 3.29. The molecule has 35 heavy (non-hydrogen) atoms. The van der Waals surface area contributed by atoms with Crippen molar-refractivity contribution >= 4 is 17.2 Å². The molecule has 180 valence electrons. The summed E-state index contributed by atoms with van der Waals surface area (Å²) >= 11 is 0. The van der Waals surface area contributed by atoms with Crippen molar-refractivity contribution in [2.24, 2.45) is 0 Å². The number of anilines is 1. The van der Waals surface area contributed by atoms with Crippen LogP contribution in [0.25, 0.3) is 16.8 Å². The van der Waals surface area contributed by atoms with E-state index in [4.69, 9.17) is 15.5 Å². The number of imidazole rings is 1. The number of amides is 1. The third-order valence-corrected chi connectivity index (χ3v) is 7.05. The number of fused-ring (bicyclic) bond motifs is 1. The molecule has 0 unspecified atom stereocenters. The molecule has 1 aliphatic rings. The molecule has 1 amide bonds. The third kappa shape index (κ3) is 4.64. The number of nitrogen functional groups attached to an aromatic ring is 1. The molecule has 7 heteroatoms. The maximum absolute atomic E-state index is 12.6. The highest BCUT2D eigenvalue weighted by atomic mass is 16.5. The van der Waals surface area contributed by atoms with Crippen molar-refractivity contribution in [3.63, 3.8) is 0 Å². The van der Waals surface area contributed by atoms with Crippen LogP contribution >= 0.6 is 0 Å². The fourth-order valence-electron chi connectivity index (χ4n) is 5.02. The van der Waals surface area contributed by atoms with Crippen LogP contribution in [0.2, 0.25) is 0 Å². The van der Waals surface area contributed by atoms with Gasteiger partial charge in [-0.2, -0.15) is 0 Å². The summed E-state index contributed by atoms with van der Waals surface area (Å²) in [5, 5.41) is 3.01. The van der Waals surface area contributed by atoms with E-state index in [0.29, 0.717) is 29.9 Å². The monoisotopic (exact) mass is 469 g/mol. The molecule has 3 N–H and O–H groups in total. The summed E-state index contributed by atoms with van der Waals surface area (Å²) in [5.41, 5.74) is 11.7. The first-order valence-electron chi connectivity index (χ1n) is 12.1. The van der Waals surface area contributed by atoms with Gasteiger partial charge in [0.2, 0.25) is 0 Å². The van der Waals surface area contributed by atoms with Gasteiger partial charge in [0.1, 0.15) is 22.9 Å². The maximum atomic E-state index is 12.6. The summed E-state index contributed by atoms with van der Waals surface area (Å²) in [4.78, 5) is 22.0. The van der Waals surface area contributed by atoms with Gasteiger partial charge in [-0.25, -0.2) is 9.97 Å². The minimum Gasteiger partial charge on any atom is -0.382 e. The second kappa shape index (κ2) is 9.88. The van der Waals surface area contributed by atoms with E-state index in [0.717, 1.165) is 59.4 Å². The topological polar surface area (TPSA) is 94.5 Å². The molecule has 7 nitrogen and oxygen atoms in total. The van der Waals surface area contributed by atoms with Crippen LogP contribution < -0.4 is 11.1 Å². The first-order valence-corrected chi connectivity index (χ1v) is 12.1. The van der Waals surface area contributed by atoms with Gasteiger partial charge in [-0.3, -0.25) is 9.20 Å². The fraction of sp³-hybridized carbons (Fsp3) is 0.321. The SMILES string of the molecule is COC1CCC(c2nc(-c3ccc(CNC(=O)c4ccccc4C)cc3)c3c(N)nccn23)CC1. The lowest BCUT2D eigenvalue weighted by Gasteiger charge is -2.26. The highest BCUT2D eigenvalue weighted by Crippen LogP contribution is 2.37. The first-order chi connectivity index (χ1) is 17.0. The zero-order chi connectivity index (χ0) is 24.4. The van der Waals surface area contributed by atoms with E-state index in [1.165, 1.54) is 0 Å². The van der Waals surface area contributed by atoms with E-state index in [2.05, 4.69) is 14.7 Å². The van der Waals surface area contributed by atoms with Crippen LogP contribution in [-0.4, -0.2) is 33.5 Å². The number of aromatic nitrogens is 3. The molecule has 0 spiro atoms. The Bertz CT molecular complexity index is 1340. The van der Waals surface area contributed by atoms with Gasteiger partial charge in [0.25, 0.3) is 5.91 Å². The number of methoxy groups -OCH3 is 1. The number of nitrogens with zero attached hydrogens (tertiary/aromatic N) is 3. The van der Waals surface area contributed by atoms with E-state index in [-0.39, 0.29) is 5.91 Å². The largest absolute Gasteiger partial charge is 0.382 e. The average molecular weight is 470 g/mol. The third-order valence-electron chi connectivity index (χ3n) is 7.05. The van der Waals surface area contributed by atoms with Crippen molar-refractivity contribution in [2.45, 2.75) is 51.2 Å². The van der Waals surface area contributed by atoms with Crippen LogP contribution in [0.5, 0.6) is 0 Å². The number of nitrogens with two attached hydrogens (primary N) is 1. The summed E-state index contributed by atoms with van der Waals surface area (Å²) < 4.78 is 7.65. The zero-order valence-electron chi connectivity index (χ0n) is 20.2. The van der Waals surface area contributed by atoms with Crippen molar-refractivity contribution < 1.29 is 9.53 Å². The number of ether oxygens (including phenoxy) is 1. The van der Waals surface area contributed by atoms with Gasteiger partial charge in [0.15, 0.2) is 0 Å². The normalized spacial score (nSPS) is 18.0. The van der Waals surface area contributed by atoms with Crippen molar-refractivity contribution in [3.05, 3.63) is 83.4 Å². The number of hydrogen-bond acceptors (Lipinski definition) is 5. The fourth-order valence-corrected chi connectivity index (χ4v) is 5.02. The van der Waals surface area contributed by atoms with Crippen molar-refractivity contribution in [3.8, 4) is 11.3 Å². The van der Waals surface area contributed by atoms with Gasteiger partial charge in [-0.05, 0) is 49.8 Å². The van der Waals surface area contributed by atoms with Crippen LogP contribution in [0.15, 0.2) is 60.9 Å². The molecule has 0 radical (unpaired) electrons. The Labute approximate surface area is 205 Å². The number of benzene rings is 2. The van der Waals surface area contributed by atoms with Crippen molar-refractivity contribution in [1.29, 1.82) is 0 Å². The quantitative estimate of drug-likeness (QED) is 0.419. The number of nitrogens with one attached hydrogen (secondary N) is 1. The number of carbonyl (C=O) groups excluding carboxylic acids is 1. The molecule has 4 aromatic rings. The Morgan fingerprint density at radius 3 is 2.57 bits per heavy atom. The smallest absolute Gasteiger partial charge is 0.251 e. The molecule has 2 aromatic heterocycles. The molecule has 1 aliphatic carbocycles. The number of hydrogen-bond donors (Lipinski definition) is 2. The minimum absolute atomic E-state index is 0.0704. The van der Waals surface area contributed by atoms with Crippen molar-refractivity contribution in [2.75, 3.05) is 12.8 Å². The number of aryl methyl sites for hydroxylation is 1. The molecule has 0 atom stereocenters. The summed E-state index contributed by atoms with van der Waals surface area (Å²) in [6.45, 7) is 2.39. The number of rotatable bonds is 6. The lowest BCUT2D eigenvalue weighted by molar-refractivity contribution is 0.0650. The molecule has 2 heterocycles. The molecule has 1 saturated carbocycles. The molecule has 5 rings (SSSR count). The summed E-state index contributed by atoms with van der Waals surface area (Å²) in [7, 11) is 1.79. The highest BCUT2D eigenvalue weighted by Gasteiger charge is 2.27. The van der Waals surface area contributed by atoms with Gasteiger partial charge in [-0.1, -0.05) is 42.5 Å². The van der Waals surface area contributed by atoms with Gasteiger partial charge in [0, 0.05) is 43.1 Å². The summed E-state index contributed by atoms with van der Waals surface area (Å²) in [6.07, 6.45) is 8.18. The summed E-state index contributed by atoms with van der Waals surface area (Å²) in [6, 6.07) is 15.7. The zero-order valence-corrected chi connectivity index (χ0v) is 20.2. The lowest BCUT2D eigenvalue weighted by atomic mass is 9.87. The van der Waals surface area contributed by atoms with Gasteiger partial charge >= 0.3 is 0 Å². The maximum Gasteiger partial charge on any atom is 0.251 e. The molecular weight excluding hydrogens is 438 g/mol. The second-order valence-electron chi connectivity index (χ2n) is 9.25. The summed E-state index contributed by atoms with van der Waals surface area (Å²) in [5.74, 6) is 1.80. The minimum atomic E-state index is -0.0704. The van der Waals surface area contributed by atoms with Crippen LogP contribution in [-0.2, 0) is 11.3 Å². The molecule has 1 fully saturated rings. The highest BCUT2D eigenvalue weighted by molar-refractivity contribution is 5.95. The lowest BCUT2D eigenvalue weighted by Crippen LogP contribution is -2.23. The Hall–Kier alpha value is -3.71. The molecule has 0 saturated heterocycles. The molecular formula is C28H31N5O2. The first kappa shape index (κ1) is 23.1. The van der Waals surface area contributed by atoms with Crippen LogP contribution in [0.1, 0.15) is 58.9 Å². The van der Waals surface area contributed by atoms with Gasteiger partial charge < -0.3 is 15.8 Å². The number of carbonyl (C=O) groups is 1. The van der Waals surface area contributed by atoms with Crippen LogP contribution in [0.4, 0.5) is 5.82 Å². The van der Waals surface area contributed by atoms with Gasteiger partial charge in [0.05, 0.1) is 6.10 Å². The molecule has 0 bridgehead atoms. The van der Waals surface area contributed by atoms with E-state index < -0.39 is 0 Å². The second-order valence-corrected chi connectivity index (χ2v) is 9.25. The van der Waals surface area contributed by atoms with Crippen molar-refractivity contribution in [1.82, 2.24) is 19.7 Å². The Balaban J connectivity index is 1.38. The van der Waals surface area contributed by atoms with E-state index >= 15 is 0 Å². The van der Waals surface area contributed by atoms with Crippen LogP contribution in [0, 0.1) is 6.92 Å². The molecule has 0 aliphatic heterocycles. The van der Waals surface area contributed by atoms with Crippen LogP contribution in [0.3, 0.4) is 0 Å². The predicted molar refractivity (Wildman–Crippen MR) is 137 cm³/mol. The Kier molecular flexibility index (Phi) is 6.51. The van der Waals surface area contributed by atoms with E-state index in [1.54, 1.807) is 13.3 Å². The van der Waals surface area contributed by atoms with Gasteiger partial charge in [-0.15, -0.1) is 0 Å². The predicted octanol–water partition coefficient (Wildman–Crippen LogP) is 4.89. The van der Waals surface area contributed by atoms with E-state index in [9.17, 15) is 4.79 Å². The van der Waals surface area contributed by atoms with E-state index in [1.807, 2.05) is 61.7 Å².